The highest BCUT2D eigenvalue weighted by Gasteiger charge is 2.34. The summed E-state index contributed by atoms with van der Waals surface area (Å²) < 4.78 is 7.56. The monoisotopic (exact) mass is 606 g/mol. The molecule has 3 N–H and O–H groups in total. The number of nitrogens with zero attached hydrogens (tertiary/aromatic N) is 5. The van der Waals surface area contributed by atoms with Gasteiger partial charge in [-0.2, -0.15) is 5.10 Å². The molecule has 10 nitrogen and oxygen atoms in total. The number of ether oxygens (including phenoxy) is 1. The minimum atomic E-state index is -0.185. The summed E-state index contributed by atoms with van der Waals surface area (Å²) in [6.45, 7) is 7.75. The molecular weight excluding hydrogens is 564 g/mol. The zero-order chi connectivity index (χ0) is 31.1. The molecule has 1 amide bonds. The normalized spacial score (nSPS) is 19.9. The standard InChI is InChI=1S/C35H42N8O2/c1-5-21-8-7-9-22(6-2)30(21)39-34(44)32-26-12-10-24-19-36-35(40-31(24)33(26)42(3)41-32)38-27-13-11-25(18-29(27)45-4)37-28-20-43-16-14-23(28)15-17-43/h7-9,11,13,18-19,23,28,37H,5-6,10,12,14-17,20H2,1-4H3,(H,39,44)(H,36,38,40). The van der Waals surface area contributed by atoms with Gasteiger partial charge in [0.25, 0.3) is 5.91 Å². The van der Waals surface area contributed by atoms with Gasteiger partial charge in [-0.05, 0) is 86.4 Å². The van der Waals surface area contributed by atoms with Crippen molar-refractivity contribution in [3.8, 4) is 17.1 Å². The van der Waals surface area contributed by atoms with Gasteiger partial charge >= 0.3 is 0 Å². The topological polar surface area (TPSA) is 109 Å². The number of benzene rings is 2. The van der Waals surface area contributed by atoms with Gasteiger partial charge in [0.15, 0.2) is 5.69 Å². The molecule has 3 fully saturated rings. The Morgan fingerprint density at radius 3 is 2.53 bits per heavy atom. The van der Waals surface area contributed by atoms with E-state index in [4.69, 9.17) is 14.8 Å². The van der Waals surface area contributed by atoms with E-state index in [0.717, 1.165) is 88.2 Å². The van der Waals surface area contributed by atoms with Gasteiger partial charge in [0, 0.05) is 48.8 Å². The summed E-state index contributed by atoms with van der Waals surface area (Å²) in [5, 5.41) is 15.0. The third-order valence-corrected chi connectivity index (χ3v) is 9.79. The number of hydrogen-bond acceptors (Lipinski definition) is 8. The molecule has 1 unspecified atom stereocenters. The van der Waals surface area contributed by atoms with Crippen LogP contribution in [0.5, 0.6) is 5.75 Å². The van der Waals surface area contributed by atoms with E-state index in [0.29, 0.717) is 24.1 Å². The highest BCUT2D eigenvalue weighted by Crippen LogP contribution is 2.37. The molecule has 5 heterocycles. The quantitative estimate of drug-likeness (QED) is 0.226. The van der Waals surface area contributed by atoms with Crippen LogP contribution in [0.25, 0.3) is 11.4 Å². The van der Waals surface area contributed by atoms with Crippen LogP contribution in [0.3, 0.4) is 0 Å². The van der Waals surface area contributed by atoms with Gasteiger partial charge in [0.2, 0.25) is 5.95 Å². The molecule has 0 spiro atoms. The Balaban J connectivity index is 1.13. The molecule has 3 aliphatic heterocycles. The van der Waals surface area contributed by atoms with Crippen molar-refractivity contribution in [2.45, 2.75) is 58.4 Å². The fourth-order valence-corrected chi connectivity index (χ4v) is 7.32. The average molecular weight is 607 g/mol. The maximum atomic E-state index is 13.7. The van der Waals surface area contributed by atoms with Crippen LogP contribution in [0, 0.1) is 5.92 Å². The van der Waals surface area contributed by atoms with Crippen LogP contribution in [-0.2, 0) is 32.7 Å². The van der Waals surface area contributed by atoms with Crippen LogP contribution in [0.2, 0.25) is 0 Å². The Morgan fingerprint density at radius 1 is 1.07 bits per heavy atom. The Bertz CT molecular complexity index is 1720. The van der Waals surface area contributed by atoms with Crippen LogP contribution in [-0.4, -0.2) is 63.3 Å². The molecule has 45 heavy (non-hydrogen) atoms. The number of piperidine rings is 3. The number of carbonyl (C=O) groups excluding carboxylic acids is 1. The summed E-state index contributed by atoms with van der Waals surface area (Å²) in [6.07, 6.45) is 7.53. The minimum Gasteiger partial charge on any atom is -0.494 e. The first-order valence-corrected chi connectivity index (χ1v) is 16.2. The average Bonchev–Trinajstić information content (AvgIpc) is 3.42. The summed E-state index contributed by atoms with van der Waals surface area (Å²) in [6, 6.07) is 12.8. The van der Waals surface area contributed by atoms with E-state index in [2.05, 4.69) is 63.9 Å². The van der Waals surface area contributed by atoms with E-state index in [-0.39, 0.29) is 5.91 Å². The van der Waals surface area contributed by atoms with Crippen molar-refractivity contribution in [1.29, 1.82) is 0 Å². The van der Waals surface area contributed by atoms with Gasteiger partial charge in [0.1, 0.15) is 5.75 Å². The molecule has 1 atom stereocenters. The lowest BCUT2D eigenvalue weighted by atomic mass is 9.84. The molecule has 2 aromatic heterocycles. The van der Waals surface area contributed by atoms with Crippen molar-refractivity contribution in [2.75, 3.05) is 42.7 Å². The lowest BCUT2D eigenvalue weighted by Gasteiger charge is -2.45. The van der Waals surface area contributed by atoms with Crippen molar-refractivity contribution in [3.05, 3.63) is 70.5 Å². The number of fused-ring (bicyclic) bond motifs is 6. The second-order valence-corrected chi connectivity index (χ2v) is 12.4. The molecule has 4 aromatic rings. The second kappa shape index (κ2) is 12.2. The SMILES string of the molecule is CCc1cccc(CC)c1NC(=O)c1nn(C)c2c1CCc1cnc(Nc3ccc(NC4CN5CCC4CC5)cc3OC)nc1-2. The number of anilines is 4. The number of aromatic nitrogens is 4. The van der Waals surface area contributed by atoms with Crippen LogP contribution < -0.4 is 20.7 Å². The fraction of sp³-hybridized carbons (Fsp3) is 0.429. The highest BCUT2D eigenvalue weighted by atomic mass is 16.5. The lowest BCUT2D eigenvalue weighted by Crippen LogP contribution is -2.53. The molecule has 2 aromatic carbocycles. The smallest absolute Gasteiger partial charge is 0.276 e. The zero-order valence-electron chi connectivity index (χ0n) is 26.6. The zero-order valence-corrected chi connectivity index (χ0v) is 26.6. The third kappa shape index (κ3) is 5.52. The Morgan fingerprint density at radius 2 is 1.84 bits per heavy atom. The molecular formula is C35H42N8O2. The van der Waals surface area contributed by atoms with Gasteiger partial charge in [-0.25, -0.2) is 9.97 Å². The van der Waals surface area contributed by atoms with Gasteiger partial charge in [-0.15, -0.1) is 0 Å². The van der Waals surface area contributed by atoms with Gasteiger partial charge < -0.3 is 25.6 Å². The van der Waals surface area contributed by atoms with Crippen molar-refractivity contribution in [3.63, 3.8) is 0 Å². The van der Waals surface area contributed by atoms with Crippen molar-refractivity contribution >= 4 is 28.9 Å². The van der Waals surface area contributed by atoms with Crippen LogP contribution in [0.15, 0.2) is 42.6 Å². The van der Waals surface area contributed by atoms with E-state index in [1.807, 2.05) is 25.4 Å². The van der Waals surface area contributed by atoms with Crippen LogP contribution in [0.4, 0.5) is 23.0 Å². The Hall–Kier alpha value is -4.44. The molecule has 2 bridgehead atoms. The number of nitrogens with one attached hydrogen (secondary N) is 3. The summed E-state index contributed by atoms with van der Waals surface area (Å²) in [7, 11) is 3.56. The molecule has 3 saturated heterocycles. The fourth-order valence-electron chi connectivity index (χ4n) is 7.32. The minimum absolute atomic E-state index is 0.185. The van der Waals surface area contributed by atoms with Crippen LogP contribution >= 0.6 is 0 Å². The molecule has 0 saturated carbocycles. The Kier molecular flexibility index (Phi) is 7.91. The van der Waals surface area contributed by atoms with Gasteiger partial charge in [-0.3, -0.25) is 9.48 Å². The molecule has 0 radical (unpaired) electrons. The molecule has 234 valence electrons. The first kappa shape index (κ1) is 29.3. The van der Waals surface area contributed by atoms with Crippen molar-refractivity contribution < 1.29 is 9.53 Å². The van der Waals surface area contributed by atoms with Gasteiger partial charge in [-0.1, -0.05) is 32.0 Å². The molecule has 4 aliphatic rings. The number of hydrogen-bond donors (Lipinski definition) is 3. The predicted octanol–water partition coefficient (Wildman–Crippen LogP) is 5.61. The lowest BCUT2D eigenvalue weighted by molar-refractivity contribution is 0.0975. The summed E-state index contributed by atoms with van der Waals surface area (Å²) in [5.41, 5.74) is 9.05. The van der Waals surface area contributed by atoms with E-state index in [1.165, 1.54) is 25.9 Å². The predicted molar refractivity (Wildman–Crippen MR) is 178 cm³/mol. The number of carbonyl (C=O) groups is 1. The number of amides is 1. The molecule has 10 heteroatoms. The first-order valence-electron chi connectivity index (χ1n) is 16.2. The maximum absolute atomic E-state index is 13.7. The number of aryl methyl sites for hydroxylation is 4. The largest absolute Gasteiger partial charge is 0.494 e. The van der Waals surface area contributed by atoms with Crippen molar-refractivity contribution in [2.24, 2.45) is 13.0 Å². The van der Waals surface area contributed by atoms with E-state index in [1.54, 1.807) is 11.8 Å². The maximum Gasteiger partial charge on any atom is 0.276 e. The summed E-state index contributed by atoms with van der Waals surface area (Å²) in [5.74, 6) is 1.73. The summed E-state index contributed by atoms with van der Waals surface area (Å²) >= 11 is 0. The molecule has 1 aliphatic carbocycles. The van der Waals surface area contributed by atoms with E-state index < -0.39 is 0 Å². The summed E-state index contributed by atoms with van der Waals surface area (Å²) in [4.78, 5) is 25.8. The van der Waals surface area contributed by atoms with Crippen molar-refractivity contribution in [1.82, 2.24) is 24.6 Å². The first-order chi connectivity index (χ1) is 21.9. The highest BCUT2D eigenvalue weighted by molar-refractivity contribution is 6.06. The van der Waals surface area contributed by atoms with Crippen LogP contribution in [0.1, 0.15) is 59.4 Å². The molecule has 8 rings (SSSR count). The number of para-hydroxylation sites is 1. The number of rotatable bonds is 9. The van der Waals surface area contributed by atoms with E-state index in [9.17, 15) is 4.79 Å². The third-order valence-electron chi connectivity index (χ3n) is 9.79. The Labute approximate surface area is 264 Å². The van der Waals surface area contributed by atoms with E-state index >= 15 is 0 Å². The number of methoxy groups -OCH3 is 1. The van der Waals surface area contributed by atoms with Gasteiger partial charge in [0.05, 0.1) is 24.2 Å². The second-order valence-electron chi connectivity index (χ2n) is 12.4.